The number of aliphatic carboxylic acids is 1. The summed E-state index contributed by atoms with van der Waals surface area (Å²) in [4.78, 5) is 12.0. The Morgan fingerprint density at radius 2 is 1.68 bits per heavy atom. The molecule has 0 aliphatic heterocycles. The van der Waals surface area contributed by atoms with Crippen LogP contribution in [0.5, 0.6) is 0 Å². The van der Waals surface area contributed by atoms with Gasteiger partial charge in [-0.2, -0.15) is 0 Å². The van der Waals surface area contributed by atoms with E-state index in [4.69, 9.17) is 19.7 Å². The number of ether oxygens (including phenoxy) is 2. The monoisotopic (exact) mass is 358 g/mol. The van der Waals surface area contributed by atoms with Crippen molar-refractivity contribution in [2.45, 2.75) is 45.0 Å². The van der Waals surface area contributed by atoms with E-state index in [2.05, 4.69) is 0 Å². The first-order valence-corrected chi connectivity index (χ1v) is 9.04. The molecule has 2 rings (SSSR count). The van der Waals surface area contributed by atoms with Gasteiger partial charge in [0.2, 0.25) is 0 Å². The number of hydrogen-bond donors (Lipinski definition) is 4. The van der Waals surface area contributed by atoms with Crippen molar-refractivity contribution in [1.29, 1.82) is 0 Å². The molecular weight excluding hydrogens is 328 g/mol. The molecule has 25 heavy (non-hydrogen) atoms. The third-order valence-corrected chi connectivity index (χ3v) is 5.54. The minimum atomic E-state index is -2.00. The Bertz CT molecular complexity index is 466. The number of rotatable bonds is 12. The van der Waals surface area contributed by atoms with Gasteiger partial charge in [0.05, 0.1) is 24.5 Å². The lowest BCUT2D eigenvalue weighted by Gasteiger charge is -2.44. The van der Waals surface area contributed by atoms with Crippen LogP contribution in [0.2, 0.25) is 0 Å². The van der Waals surface area contributed by atoms with Crippen LogP contribution in [0.1, 0.15) is 39.0 Å². The van der Waals surface area contributed by atoms with Gasteiger partial charge in [0.25, 0.3) is 5.97 Å². The van der Waals surface area contributed by atoms with E-state index < -0.39 is 23.3 Å². The van der Waals surface area contributed by atoms with Crippen molar-refractivity contribution in [3.05, 3.63) is 12.2 Å². The van der Waals surface area contributed by atoms with Crippen molar-refractivity contribution in [2.75, 3.05) is 26.4 Å². The number of fused-ring (bicyclic) bond motifs is 2. The molecule has 7 nitrogen and oxygen atoms in total. The molecule has 0 aromatic carbocycles. The van der Waals surface area contributed by atoms with Crippen LogP contribution in [0.4, 0.5) is 0 Å². The molecular formula is C18H30O7. The molecule has 0 aromatic heterocycles. The fourth-order valence-corrected chi connectivity index (χ4v) is 4.12. The molecule has 144 valence electrons. The summed E-state index contributed by atoms with van der Waals surface area (Å²) in [5.74, 6) is -3.95. The number of unbranched alkanes of at least 4 members (excludes halogenated alkanes) is 2. The van der Waals surface area contributed by atoms with Gasteiger partial charge in [-0.05, 0) is 50.9 Å². The summed E-state index contributed by atoms with van der Waals surface area (Å²) < 4.78 is 11.3. The maximum absolute atomic E-state index is 12.0. The predicted octanol–water partition coefficient (Wildman–Crippen LogP) is 1.12. The van der Waals surface area contributed by atoms with Crippen molar-refractivity contribution in [3.63, 3.8) is 0 Å². The van der Waals surface area contributed by atoms with Gasteiger partial charge in [0.15, 0.2) is 0 Å². The van der Waals surface area contributed by atoms with Crippen LogP contribution in [0.3, 0.4) is 0 Å². The lowest BCUT2D eigenvalue weighted by Crippen LogP contribution is -2.55. The van der Waals surface area contributed by atoms with Gasteiger partial charge < -0.3 is 29.9 Å². The maximum Gasteiger partial charge on any atom is 0.310 e. The van der Waals surface area contributed by atoms with E-state index in [0.717, 1.165) is 0 Å². The average molecular weight is 358 g/mol. The van der Waals surface area contributed by atoms with Crippen molar-refractivity contribution in [1.82, 2.24) is 0 Å². The Morgan fingerprint density at radius 3 is 2.16 bits per heavy atom. The number of hydrogen-bond acceptors (Lipinski definition) is 6. The van der Waals surface area contributed by atoms with Gasteiger partial charge in [-0.1, -0.05) is 12.2 Å². The van der Waals surface area contributed by atoms with Gasteiger partial charge >= 0.3 is 5.97 Å². The van der Waals surface area contributed by atoms with Crippen LogP contribution in [-0.4, -0.2) is 58.8 Å². The van der Waals surface area contributed by atoms with Crippen molar-refractivity contribution < 1.29 is 34.7 Å². The molecule has 0 radical (unpaired) electrons. The van der Waals surface area contributed by atoms with Crippen molar-refractivity contribution in [3.8, 4) is 0 Å². The number of carboxylic acid groups (broad SMARTS) is 1. The van der Waals surface area contributed by atoms with Crippen molar-refractivity contribution in [2.24, 2.45) is 23.2 Å². The number of carbonyl (C=O) groups is 1. The molecule has 0 aromatic rings. The lowest BCUT2D eigenvalue weighted by atomic mass is 9.68. The summed E-state index contributed by atoms with van der Waals surface area (Å²) in [5.41, 5.74) is -1.16. The van der Waals surface area contributed by atoms with E-state index in [1.54, 1.807) is 6.92 Å². The molecule has 0 amide bonds. The average Bonchev–Trinajstić information content (AvgIpc) is 3.16. The second kappa shape index (κ2) is 8.60. The van der Waals surface area contributed by atoms with E-state index in [1.807, 2.05) is 12.2 Å². The Kier molecular flexibility index (Phi) is 6.99. The molecule has 0 heterocycles. The summed E-state index contributed by atoms with van der Waals surface area (Å²) >= 11 is 0. The van der Waals surface area contributed by atoms with Crippen LogP contribution in [0, 0.1) is 23.2 Å². The Hall–Kier alpha value is -0.990. The van der Waals surface area contributed by atoms with Gasteiger partial charge in [0.1, 0.15) is 0 Å². The molecule has 0 saturated heterocycles. The Labute approximate surface area is 148 Å². The van der Waals surface area contributed by atoms with E-state index >= 15 is 0 Å². The molecule has 1 fully saturated rings. The molecule has 1 saturated carbocycles. The summed E-state index contributed by atoms with van der Waals surface area (Å²) in [6.07, 6.45) is 6.67. The first-order chi connectivity index (χ1) is 11.9. The first-order valence-electron chi connectivity index (χ1n) is 9.04. The second-order valence-electron chi connectivity index (χ2n) is 7.15. The normalized spacial score (nSPS) is 31.0. The van der Waals surface area contributed by atoms with Crippen LogP contribution in [-0.2, 0) is 14.3 Å². The molecule has 2 bridgehead atoms. The molecule has 0 spiro atoms. The molecule has 4 unspecified atom stereocenters. The van der Waals surface area contributed by atoms with Crippen LogP contribution >= 0.6 is 0 Å². The van der Waals surface area contributed by atoms with E-state index in [-0.39, 0.29) is 38.3 Å². The predicted molar refractivity (Wildman–Crippen MR) is 89.5 cm³/mol. The fourth-order valence-electron chi connectivity index (χ4n) is 4.12. The summed E-state index contributed by atoms with van der Waals surface area (Å²) in [5, 5.41) is 38.8. The first kappa shape index (κ1) is 20.3. The zero-order valence-electron chi connectivity index (χ0n) is 14.8. The number of allylic oxidation sites excluding steroid dienone is 2. The zero-order valence-corrected chi connectivity index (χ0v) is 14.8. The van der Waals surface area contributed by atoms with Gasteiger partial charge in [0, 0.05) is 13.2 Å². The largest absolute Gasteiger partial charge is 0.481 e. The quantitative estimate of drug-likeness (QED) is 0.235. The summed E-state index contributed by atoms with van der Waals surface area (Å²) in [7, 11) is 0. The minimum Gasteiger partial charge on any atom is -0.481 e. The summed E-state index contributed by atoms with van der Waals surface area (Å²) in [6, 6.07) is 0. The van der Waals surface area contributed by atoms with E-state index in [0.29, 0.717) is 32.1 Å². The molecule has 4 N–H and O–H groups in total. The number of aliphatic hydroxyl groups excluding tert-OH is 2. The standard InChI is InChI=1S/C18H30O7/c1-17(16(21)22)14-7-6-13(12-14)15(17)18(23,24-10-4-2-8-19)25-11-5-3-9-20/h6-7,13-15,19-20,23H,2-5,8-12H2,1H3,(H,21,22). The third-order valence-electron chi connectivity index (χ3n) is 5.54. The van der Waals surface area contributed by atoms with E-state index in [9.17, 15) is 15.0 Å². The molecule has 2 aliphatic rings. The molecule has 4 atom stereocenters. The Morgan fingerprint density at radius 1 is 1.12 bits per heavy atom. The van der Waals surface area contributed by atoms with E-state index in [1.165, 1.54) is 0 Å². The maximum atomic E-state index is 12.0. The SMILES string of the molecule is CC1(C(=O)O)C2C=CC(C2)C1C(O)(OCCCCO)OCCCCO. The Balaban J connectivity index is 2.17. The lowest BCUT2D eigenvalue weighted by molar-refractivity contribution is -0.400. The van der Waals surface area contributed by atoms with Crippen LogP contribution < -0.4 is 0 Å². The second-order valence-corrected chi connectivity index (χ2v) is 7.15. The fraction of sp³-hybridized carbons (Fsp3) is 0.833. The minimum absolute atomic E-state index is 0.0306. The topological polar surface area (TPSA) is 116 Å². The zero-order chi connectivity index (χ0) is 18.5. The van der Waals surface area contributed by atoms with Gasteiger partial charge in [-0.3, -0.25) is 4.79 Å². The van der Waals surface area contributed by atoms with Crippen LogP contribution in [0.15, 0.2) is 12.2 Å². The number of carboxylic acids is 1. The molecule has 7 heteroatoms. The molecule has 2 aliphatic carbocycles. The highest BCUT2D eigenvalue weighted by Gasteiger charge is 2.66. The third kappa shape index (κ3) is 4.06. The van der Waals surface area contributed by atoms with Gasteiger partial charge in [-0.15, -0.1) is 0 Å². The van der Waals surface area contributed by atoms with Gasteiger partial charge in [-0.25, -0.2) is 0 Å². The highest BCUT2D eigenvalue weighted by Crippen LogP contribution is 2.60. The number of aliphatic hydroxyl groups is 3. The van der Waals surface area contributed by atoms with Crippen molar-refractivity contribution >= 4 is 5.97 Å². The summed E-state index contributed by atoms with van der Waals surface area (Å²) in [6.45, 7) is 2.05. The van der Waals surface area contributed by atoms with Crippen LogP contribution in [0.25, 0.3) is 0 Å². The highest BCUT2D eigenvalue weighted by molar-refractivity contribution is 5.76. The highest BCUT2D eigenvalue weighted by atomic mass is 16.8. The smallest absolute Gasteiger partial charge is 0.310 e.